The SMILES string of the molecule is Cc1cccc(CC[C](CC(N)=O)C(Cc2cccnc2)c2cccc(C)c2)c1. The van der Waals surface area contributed by atoms with Crippen LogP contribution in [0.4, 0.5) is 0 Å². The van der Waals surface area contributed by atoms with Crippen molar-refractivity contribution in [2.45, 2.75) is 45.4 Å². The van der Waals surface area contributed by atoms with Crippen molar-refractivity contribution in [1.29, 1.82) is 0 Å². The van der Waals surface area contributed by atoms with E-state index in [0.717, 1.165) is 24.8 Å². The molecule has 3 heteroatoms. The lowest BCUT2D eigenvalue weighted by Crippen LogP contribution is -2.22. The number of nitrogens with zero attached hydrogens (tertiary/aromatic N) is 1. The normalized spacial score (nSPS) is 12.1. The summed E-state index contributed by atoms with van der Waals surface area (Å²) in [6, 6.07) is 21.2. The summed E-state index contributed by atoms with van der Waals surface area (Å²) in [4.78, 5) is 16.2. The number of aryl methyl sites for hydroxylation is 3. The molecule has 3 aromatic rings. The van der Waals surface area contributed by atoms with Gasteiger partial charge in [-0.3, -0.25) is 9.78 Å². The van der Waals surface area contributed by atoms with Crippen molar-refractivity contribution >= 4 is 5.91 Å². The lowest BCUT2D eigenvalue weighted by Gasteiger charge is -2.27. The molecule has 29 heavy (non-hydrogen) atoms. The third kappa shape index (κ3) is 6.28. The Bertz CT molecular complexity index is 936. The van der Waals surface area contributed by atoms with E-state index in [-0.39, 0.29) is 11.8 Å². The summed E-state index contributed by atoms with van der Waals surface area (Å²) in [5.41, 5.74) is 11.8. The quantitative estimate of drug-likeness (QED) is 0.557. The molecule has 0 saturated carbocycles. The molecule has 1 radical (unpaired) electrons. The smallest absolute Gasteiger partial charge is 0.218 e. The van der Waals surface area contributed by atoms with Gasteiger partial charge in [-0.25, -0.2) is 0 Å². The Morgan fingerprint density at radius 1 is 0.966 bits per heavy atom. The molecule has 149 valence electrons. The molecule has 3 rings (SSSR count). The molecule has 1 unspecified atom stereocenters. The lowest BCUT2D eigenvalue weighted by molar-refractivity contribution is -0.117. The average Bonchev–Trinajstić information content (AvgIpc) is 2.70. The van der Waals surface area contributed by atoms with Crippen molar-refractivity contribution in [1.82, 2.24) is 4.98 Å². The molecule has 2 aromatic carbocycles. The molecule has 0 aliphatic heterocycles. The zero-order chi connectivity index (χ0) is 20.6. The highest BCUT2D eigenvalue weighted by atomic mass is 16.1. The number of hydrogen-bond donors (Lipinski definition) is 1. The van der Waals surface area contributed by atoms with Gasteiger partial charge < -0.3 is 5.73 Å². The summed E-state index contributed by atoms with van der Waals surface area (Å²) in [5.74, 6) is 1.05. The molecule has 1 atom stereocenters. The van der Waals surface area contributed by atoms with Crippen LogP contribution in [-0.4, -0.2) is 10.9 Å². The van der Waals surface area contributed by atoms with E-state index in [4.69, 9.17) is 5.73 Å². The molecule has 1 aromatic heterocycles. The number of carbonyl (C=O) groups is 1. The summed E-state index contributed by atoms with van der Waals surface area (Å²) in [6.07, 6.45) is 6.56. The Labute approximate surface area is 174 Å². The minimum absolute atomic E-state index is 0.136. The number of amides is 1. The van der Waals surface area contributed by atoms with Crippen LogP contribution in [0.3, 0.4) is 0 Å². The third-order valence-electron chi connectivity index (χ3n) is 5.32. The first-order valence-electron chi connectivity index (χ1n) is 10.1. The highest BCUT2D eigenvalue weighted by Gasteiger charge is 2.26. The van der Waals surface area contributed by atoms with Crippen molar-refractivity contribution in [2.24, 2.45) is 5.73 Å². The van der Waals surface area contributed by atoms with Crippen LogP contribution in [0.15, 0.2) is 73.1 Å². The van der Waals surface area contributed by atoms with Crippen LogP contribution >= 0.6 is 0 Å². The Balaban J connectivity index is 1.89. The summed E-state index contributed by atoms with van der Waals surface area (Å²) in [5, 5.41) is 0. The maximum Gasteiger partial charge on any atom is 0.218 e. The first-order chi connectivity index (χ1) is 14.0. The van der Waals surface area contributed by atoms with E-state index < -0.39 is 0 Å². The first kappa shape index (κ1) is 20.8. The zero-order valence-electron chi connectivity index (χ0n) is 17.3. The van der Waals surface area contributed by atoms with E-state index in [1.807, 2.05) is 12.3 Å². The van der Waals surface area contributed by atoms with Gasteiger partial charge in [-0.2, -0.15) is 0 Å². The second kappa shape index (κ2) is 10.0. The van der Waals surface area contributed by atoms with Crippen LogP contribution in [0, 0.1) is 19.8 Å². The van der Waals surface area contributed by atoms with Gasteiger partial charge in [0.25, 0.3) is 0 Å². The third-order valence-corrected chi connectivity index (χ3v) is 5.32. The summed E-state index contributed by atoms with van der Waals surface area (Å²) in [7, 11) is 0. The van der Waals surface area contributed by atoms with E-state index in [1.165, 1.54) is 28.2 Å². The highest BCUT2D eigenvalue weighted by Crippen LogP contribution is 2.36. The second-order valence-electron chi connectivity index (χ2n) is 7.82. The van der Waals surface area contributed by atoms with E-state index in [0.29, 0.717) is 6.42 Å². The minimum atomic E-state index is -0.270. The van der Waals surface area contributed by atoms with Crippen molar-refractivity contribution in [3.8, 4) is 0 Å². The summed E-state index contributed by atoms with van der Waals surface area (Å²) in [6.45, 7) is 4.21. The number of carbonyl (C=O) groups excluding carboxylic acids is 1. The zero-order valence-corrected chi connectivity index (χ0v) is 17.3. The second-order valence-corrected chi connectivity index (χ2v) is 7.82. The number of benzene rings is 2. The van der Waals surface area contributed by atoms with E-state index in [1.54, 1.807) is 6.20 Å². The number of pyridine rings is 1. The Morgan fingerprint density at radius 3 is 2.34 bits per heavy atom. The van der Waals surface area contributed by atoms with E-state index >= 15 is 0 Å². The monoisotopic (exact) mass is 385 g/mol. The summed E-state index contributed by atoms with van der Waals surface area (Å²) < 4.78 is 0. The molecular formula is C26H29N2O. The van der Waals surface area contributed by atoms with Crippen LogP contribution in [0.5, 0.6) is 0 Å². The average molecular weight is 386 g/mol. The van der Waals surface area contributed by atoms with Gasteiger partial charge in [-0.1, -0.05) is 65.7 Å². The van der Waals surface area contributed by atoms with Gasteiger partial charge in [0.1, 0.15) is 0 Å². The van der Waals surface area contributed by atoms with Crippen LogP contribution in [0.2, 0.25) is 0 Å². The fourth-order valence-electron chi connectivity index (χ4n) is 3.92. The molecule has 0 spiro atoms. The first-order valence-corrected chi connectivity index (χ1v) is 10.1. The Kier molecular flexibility index (Phi) is 7.18. The van der Waals surface area contributed by atoms with Crippen LogP contribution < -0.4 is 5.73 Å². The molecule has 0 aliphatic rings. The van der Waals surface area contributed by atoms with Gasteiger partial charge in [0.05, 0.1) is 0 Å². The molecular weight excluding hydrogens is 356 g/mol. The summed E-state index contributed by atoms with van der Waals surface area (Å²) >= 11 is 0. The predicted molar refractivity (Wildman–Crippen MR) is 118 cm³/mol. The number of aromatic nitrogens is 1. The molecule has 0 fully saturated rings. The highest BCUT2D eigenvalue weighted by molar-refractivity contribution is 5.76. The fourth-order valence-corrected chi connectivity index (χ4v) is 3.92. The van der Waals surface area contributed by atoms with Crippen LogP contribution in [0.25, 0.3) is 0 Å². The van der Waals surface area contributed by atoms with Gasteiger partial charge in [0.15, 0.2) is 0 Å². The van der Waals surface area contributed by atoms with Crippen molar-refractivity contribution in [3.63, 3.8) is 0 Å². The van der Waals surface area contributed by atoms with Gasteiger partial charge >= 0.3 is 0 Å². The topological polar surface area (TPSA) is 56.0 Å². The van der Waals surface area contributed by atoms with Crippen LogP contribution in [-0.2, 0) is 17.6 Å². The molecule has 0 bridgehead atoms. The van der Waals surface area contributed by atoms with Crippen LogP contribution in [0.1, 0.15) is 46.6 Å². The van der Waals surface area contributed by atoms with Crippen molar-refractivity contribution < 1.29 is 4.79 Å². The van der Waals surface area contributed by atoms with Crippen molar-refractivity contribution in [2.75, 3.05) is 0 Å². The predicted octanol–water partition coefficient (Wildman–Crippen LogP) is 5.11. The molecule has 0 aliphatic carbocycles. The molecule has 1 heterocycles. The number of nitrogens with two attached hydrogens (primary N) is 1. The van der Waals surface area contributed by atoms with Gasteiger partial charge in [-0.15, -0.1) is 0 Å². The lowest BCUT2D eigenvalue weighted by atomic mass is 9.77. The van der Waals surface area contributed by atoms with E-state index in [2.05, 4.69) is 73.4 Å². The van der Waals surface area contributed by atoms with Gasteiger partial charge in [-0.05, 0) is 67.7 Å². The molecule has 1 amide bonds. The molecule has 0 saturated heterocycles. The molecule has 3 nitrogen and oxygen atoms in total. The standard InChI is InChI=1S/C26H29N2O/c1-19-6-3-8-21(14-19)11-12-24(17-26(27)29)25(16-22-9-5-13-28-18-22)23-10-4-7-20(2)15-23/h3-10,13-15,18,25H,11-12,16-17H2,1-2H3,(H2,27,29). The van der Waals surface area contributed by atoms with Gasteiger partial charge in [0, 0.05) is 18.8 Å². The van der Waals surface area contributed by atoms with E-state index in [9.17, 15) is 4.79 Å². The van der Waals surface area contributed by atoms with Crippen molar-refractivity contribution in [3.05, 3.63) is 107 Å². The Hall–Kier alpha value is -2.94. The fraction of sp³-hybridized carbons (Fsp3) is 0.269. The minimum Gasteiger partial charge on any atom is -0.370 e. The molecule has 2 N–H and O–H groups in total. The number of primary amides is 1. The number of hydrogen-bond acceptors (Lipinski definition) is 2. The maximum atomic E-state index is 11.9. The largest absolute Gasteiger partial charge is 0.370 e. The maximum absolute atomic E-state index is 11.9. The Morgan fingerprint density at radius 2 is 1.69 bits per heavy atom. The van der Waals surface area contributed by atoms with Gasteiger partial charge in [0.2, 0.25) is 5.91 Å². The number of rotatable bonds is 9.